The second kappa shape index (κ2) is 4.35. The summed E-state index contributed by atoms with van der Waals surface area (Å²) in [6, 6.07) is 0.781. The lowest BCUT2D eigenvalue weighted by Gasteiger charge is -2.37. The van der Waals surface area contributed by atoms with Crippen LogP contribution >= 0.6 is 0 Å². The van der Waals surface area contributed by atoms with Gasteiger partial charge in [0.25, 0.3) is 0 Å². The highest BCUT2D eigenvalue weighted by molar-refractivity contribution is 5.09. The fourth-order valence-corrected chi connectivity index (χ4v) is 2.84. The first kappa shape index (κ1) is 10.0. The molecule has 2 nitrogen and oxygen atoms in total. The van der Waals surface area contributed by atoms with E-state index >= 15 is 0 Å². The molecule has 2 fully saturated rings. The van der Waals surface area contributed by atoms with Crippen LogP contribution in [0.5, 0.6) is 0 Å². The lowest BCUT2D eigenvalue weighted by Crippen LogP contribution is -2.43. The van der Waals surface area contributed by atoms with Crippen molar-refractivity contribution in [2.24, 2.45) is 5.92 Å². The van der Waals surface area contributed by atoms with E-state index in [1.165, 1.54) is 38.6 Å². The average molecular weight is 194 g/mol. The Morgan fingerprint density at radius 1 is 1.36 bits per heavy atom. The van der Waals surface area contributed by atoms with E-state index in [2.05, 4.69) is 30.5 Å². The van der Waals surface area contributed by atoms with Gasteiger partial charge in [-0.2, -0.15) is 0 Å². The molecule has 0 aromatic heterocycles. The zero-order valence-corrected chi connectivity index (χ0v) is 9.42. The van der Waals surface area contributed by atoms with Crippen LogP contribution in [0, 0.1) is 5.92 Å². The Labute approximate surface area is 87.4 Å². The van der Waals surface area contributed by atoms with Gasteiger partial charge in [0.2, 0.25) is 0 Å². The van der Waals surface area contributed by atoms with Crippen LogP contribution in [-0.4, -0.2) is 31.6 Å². The third kappa shape index (κ3) is 2.30. The maximum absolute atomic E-state index is 3.66. The Balaban J connectivity index is 1.95. The maximum atomic E-state index is 3.66. The van der Waals surface area contributed by atoms with Crippen molar-refractivity contribution in [2.75, 3.05) is 20.6 Å². The molecule has 2 aliphatic rings. The highest BCUT2D eigenvalue weighted by Crippen LogP contribution is 2.33. The molecule has 2 rings (SSSR count). The number of hydrogen-bond donors (Lipinski definition) is 1. The Morgan fingerprint density at radius 3 is 3.00 bits per heavy atom. The topological polar surface area (TPSA) is 15.3 Å². The van der Waals surface area contributed by atoms with Gasteiger partial charge in [-0.05, 0) is 50.8 Å². The fourth-order valence-electron chi connectivity index (χ4n) is 2.84. The van der Waals surface area contributed by atoms with Gasteiger partial charge in [0, 0.05) is 20.1 Å². The van der Waals surface area contributed by atoms with Crippen molar-refractivity contribution < 1.29 is 0 Å². The summed E-state index contributed by atoms with van der Waals surface area (Å²) in [5, 5.41) is 3.66. The zero-order chi connectivity index (χ0) is 9.97. The molecule has 0 spiro atoms. The van der Waals surface area contributed by atoms with Crippen LogP contribution in [0.1, 0.15) is 32.1 Å². The summed E-state index contributed by atoms with van der Waals surface area (Å²) in [6.45, 7) is 1.23. The molecule has 1 N–H and O–H groups in total. The van der Waals surface area contributed by atoms with Gasteiger partial charge >= 0.3 is 0 Å². The first-order valence-corrected chi connectivity index (χ1v) is 5.85. The summed E-state index contributed by atoms with van der Waals surface area (Å²) in [7, 11) is 4.24. The van der Waals surface area contributed by atoms with Crippen molar-refractivity contribution in [1.82, 2.24) is 10.2 Å². The van der Waals surface area contributed by atoms with E-state index in [1.54, 1.807) is 5.57 Å². The minimum atomic E-state index is 0.781. The molecule has 1 aliphatic carbocycles. The molecule has 2 heteroatoms. The van der Waals surface area contributed by atoms with Gasteiger partial charge in [0.1, 0.15) is 0 Å². The molecule has 2 unspecified atom stereocenters. The minimum absolute atomic E-state index is 0.781. The van der Waals surface area contributed by atoms with E-state index in [0.717, 1.165) is 12.0 Å². The quantitative estimate of drug-likeness (QED) is 0.686. The SMILES string of the molecule is CN(C)/C=C1/CCC2CCCNC2C1. The number of piperidine rings is 1. The van der Waals surface area contributed by atoms with Gasteiger partial charge < -0.3 is 10.2 Å². The third-order valence-corrected chi connectivity index (χ3v) is 3.49. The second-order valence-corrected chi connectivity index (χ2v) is 4.96. The summed E-state index contributed by atoms with van der Waals surface area (Å²) in [6.07, 6.45) is 9.15. The van der Waals surface area contributed by atoms with Crippen LogP contribution in [0.4, 0.5) is 0 Å². The number of rotatable bonds is 1. The van der Waals surface area contributed by atoms with E-state index in [4.69, 9.17) is 0 Å². The van der Waals surface area contributed by atoms with E-state index < -0.39 is 0 Å². The smallest absolute Gasteiger partial charge is 0.0133 e. The molecule has 0 radical (unpaired) electrons. The molecule has 0 aromatic carbocycles. The first-order chi connectivity index (χ1) is 6.75. The predicted molar refractivity (Wildman–Crippen MR) is 60.1 cm³/mol. The lowest BCUT2D eigenvalue weighted by atomic mass is 9.77. The highest BCUT2D eigenvalue weighted by Gasteiger charge is 2.29. The van der Waals surface area contributed by atoms with Gasteiger partial charge in [-0.25, -0.2) is 0 Å². The molecule has 2 atom stereocenters. The van der Waals surface area contributed by atoms with Gasteiger partial charge in [-0.15, -0.1) is 0 Å². The number of fused-ring (bicyclic) bond motifs is 1. The van der Waals surface area contributed by atoms with E-state index in [9.17, 15) is 0 Å². The van der Waals surface area contributed by atoms with Crippen molar-refractivity contribution in [3.8, 4) is 0 Å². The Kier molecular flexibility index (Phi) is 3.12. The fraction of sp³-hybridized carbons (Fsp3) is 0.833. The summed E-state index contributed by atoms with van der Waals surface area (Å²) >= 11 is 0. The summed E-state index contributed by atoms with van der Waals surface area (Å²) in [5.41, 5.74) is 1.63. The van der Waals surface area contributed by atoms with Crippen LogP contribution in [-0.2, 0) is 0 Å². The summed E-state index contributed by atoms with van der Waals surface area (Å²) in [5.74, 6) is 0.961. The average Bonchev–Trinajstić information content (AvgIpc) is 2.17. The second-order valence-electron chi connectivity index (χ2n) is 4.96. The van der Waals surface area contributed by atoms with Crippen molar-refractivity contribution >= 4 is 0 Å². The van der Waals surface area contributed by atoms with Gasteiger partial charge in [0.05, 0.1) is 0 Å². The molecule has 0 amide bonds. The molecule has 0 aromatic rings. The third-order valence-electron chi connectivity index (χ3n) is 3.49. The summed E-state index contributed by atoms with van der Waals surface area (Å²) in [4.78, 5) is 2.18. The molecule has 1 heterocycles. The molecule has 1 saturated heterocycles. The molecule has 1 aliphatic heterocycles. The maximum Gasteiger partial charge on any atom is 0.0133 e. The van der Waals surface area contributed by atoms with E-state index in [-0.39, 0.29) is 0 Å². The molecule has 0 bridgehead atoms. The van der Waals surface area contributed by atoms with Gasteiger partial charge in [0.15, 0.2) is 0 Å². The molecule has 1 saturated carbocycles. The van der Waals surface area contributed by atoms with E-state index in [1.807, 2.05) is 0 Å². The van der Waals surface area contributed by atoms with Crippen LogP contribution < -0.4 is 5.32 Å². The van der Waals surface area contributed by atoms with Crippen molar-refractivity contribution in [2.45, 2.75) is 38.1 Å². The Hall–Kier alpha value is -0.500. The standard InChI is InChI=1S/C12H22N2/c1-14(2)9-10-5-6-11-4-3-7-13-12(11)8-10/h9,11-13H,3-8H2,1-2H3/b10-9-. The number of nitrogens with one attached hydrogen (secondary N) is 1. The number of hydrogen-bond acceptors (Lipinski definition) is 2. The highest BCUT2D eigenvalue weighted by atomic mass is 15.0. The monoisotopic (exact) mass is 194 g/mol. The van der Waals surface area contributed by atoms with Gasteiger partial charge in [-0.1, -0.05) is 5.57 Å². The van der Waals surface area contributed by atoms with Crippen LogP contribution in [0.2, 0.25) is 0 Å². The van der Waals surface area contributed by atoms with Gasteiger partial charge in [-0.3, -0.25) is 0 Å². The molecular formula is C12H22N2. The Morgan fingerprint density at radius 2 is 2.21 bits per heavy atom. The normalized spacial score (nSPS) is 35.4. The predicted octanol–water partition coefficient (Wildman–Crippen LogP) is 1.98. The minimum Gasteiger partial charge on any atom is -0.384 e. The van der Waals surface area contributed by atoms with E-state index in [0.29, 0.717) is 0 Å². The first-order valence-electron chi connectivity index (χ1n) is 5.85. The molecule has 14 heavy (non-hydrogen) atoms. The van der Waals surface area contributed by atoms with Crippen molar-refractivity contribution in [3.05, 3.63) is 11.8 Å². The lowest BCUT2D eigenvalue weighted by molar-refractivity contribution is 0.238. The molecular weight excluding hydrogens is 172 g/mol. The Bertz CT molecular complexity index is 220. The summed E-state index contributed by atoms with van der Waals surface area (Å²) < 4.78 is 0. The van der Waals surface area contributed by atoms with Crippen molar-refractivity contribution in [1.29, 1.82) is 0 Å². The molecule has 80 valence electrons. The van der Waals surface area contributed by atoms with Crippen LogP contribution in [0.25, 0.3) is 0 Å². The van der Waals surface area contributed by atoms with Crippen LogP contribution in [0.3, 0.4) is 0 Å². The largest absolute Gasteiger partial charge is 0.384 e. The van der Waals surface area contributed by atoms with Crippen molar-refractivity contribution in [3.63, 3.8) is 0 Å². The van der Waals surface area contributed by atoms with Crippen LogP contribution in [0.15, 0.2) is 11.8 Å². The number of nitrogens with zero attached hydrogens (tertiary/aromatic N) is 1. The zero-order valence-electron chi connectivity index (χ0n) is 9.42.